The molecule has 1 nitrogen and oxygen atoms in total. The van der Waals surface area contributed by atoms with Crippen molar-refractivity contribution in [3.8, 4) is 28.0 Å². The van der Waals surface area contributed by atoms with Crippen molar-refractivity contribution in [3.63, 3.8) is 0 Å². The van der Waals surface area contributed by atoms with Crippen LogP contribution in [0.15, 0.2) is 60.7 Å². The first-order valence-electron chi connectivity index (χ1n) is 8.16. The highest BCUT2D eigenvalue weighted by atomic mass is 19.4. The number of benzene rings is 3. The van der Waals surface area contributed by atoms with Crippen LogP contribution in [0.3, 0.4) is 0 Å². The van der Waals surface area contributed by atoms with Crippen LogP contribution in [-0.2, 0) is 12.4 Å². The Morgan fingerprint density at radius 3 is 1.32 bits per heavy atom. The molecule has 0 saturated carbocycles. The molecule has 0 aliphatic heterocycles. The number of phenolic OH excluding ortho intramolecular Hbond substituents is 1. The van der Waals surface area contributed by atoms with Crippen LogP contribution in [0.1, 0.15) is 16.7 Å². The second-order valence-electron chi connectivity index (χ2n) is 6.28. The molecular formula is C21H14F6O. The van der Waals surface area contributed by atoms with E-state index in [1.54, 1.807) is 13.0 Å². The molecule has 3 aromatic carbocycles. The zero-order chi connectivity index (χ0) is 20.7. The minimum Gasteiger partial charge on any atom is -0.507 e. The highest BCUT2D eigenvalue weighted by molar-refractivity contribution is 5.79. The lowest BCUT2D eigenvalue weighted by molar-refractivity contribution is -0.138. The largest absolute Gasteiger partial charge is 0.507 e. The Kier molecular flexibility index (Phi) is 4.87. The fourth-order valence-corrected chi connectivity index (χ4v) is 2.92. The minimum absolute atomic E-state index is 0.142. The van der Waals surface area contributed by atoms with Gasteiger partial charge in [-0.25, -0.2) is 0 Å². The minimum atomic E-state index is -4.46. The molecule has 0 saturated heterocycles. The molecule has 0 spiro atoms. The van der Waals surface area contributed by atoms with Crippen molar-refractivity contribution in [1.82, 2.24) is 0 Å². The lowest BCUT2D eigenvalue weighted by Crippen LogP contribution is -2.04. The maximum Gasteiger partial charge on any atom is 0.416 e. The molecule has 0 amide bonds. The molecule has 0 aliphatic rings. The summed E-state index contributed by atoms with van der Waals surface area (Å²) in [4.78, 5) is 0. The first-order chi connectivity index (χ1) is 13.0. The van der Waals surface area contributed by atoms with Gasteiger partial charge in [-0.05, 0) is 53.4 Å². The Morgan fingerprint density at radius 2 is 0.929 bits per heavy atom. The summed E-state index contributed by atoms with van der Waals surface area (Å²) in [6.45, 7) is 1.59. The van der Waals surface area contributed by atoms with Gasteiger partial charge in [0.15, 0.2) is 0 Å². The van der Waals surface area contributed by atoms with Gasteiger partial charge < -0.3 is 5.11 Å². The summed E-state index contributed by atoms with van der Waals surface area (Å²) in [7, 11) is 0. The molecule has 146 valence electrons. The highest BCUT2D eigenvalue weighted by Crippen LogP contribution is 2.39. The number of aromatic hydroxyl groups is 1. The smallest absolute Gasteiger partial charge is 0.416 e. The summed E-state index contributed by atoms with van der Waals surface area (Å²) in [5, 5.41) is 10.5. The monoisotopic (exact) mass is 396 g/mol. The SMILES string of the molecule is Cc1c(-c2ccc(C(F)(F)F)cc2)ccc(-c2ccc(C(F)(F)F)cc2)c1O. The Morgan fingerprint density at radius 1 is 0.571 bits per heavy atom. The summed E-state index contributed by atoms with van der Waals surface area (Å²) >= 11 is 0. The third-order valence-corrected chi connectivity index (χ3v) is 4.48. The molecule has 0 heterocycles. The summed E-state index contributed by atoms with van der Waals surface area (Å²) in [6.07, 6.45) is -8.90. The van der Waals surface area contributed by atoms with Crippen molar-refractivity contribution in [2.45, 2.75) is 19.3 Å². The van der Waals surface area contributed by atoms with E-state index >= 15 is 0 Å². The summed E-state index contributed by atoms with van der Waals surface area (Å²) in [6, 6.07) is 12.0. The molecule has 3 aromatic rings. The predicted molar refractivity (Wildman–Crippen MR) is 93.7 cm³/mol. The van der Waals surface area contributed by atoms with E-state index in [-0.39, 0.29) is 5.75 Å². The number of hydrogen-bond donors (Lipinski definition) is 1. The Bertz CT molecular complexity index is 901. The van der Waals surface area contributed by atoms with Gasteiger partial charge in [-0.1, -0.05) is 36.4 Å². The van der Waals surface area contributed by atoms with Crippen LogP contribution in [0, 0.1) is 6.92 Å². The molecule has 0 aliphatic carbocycles. The van der Waals surface area contributed by atoms with Crippen LogP contribution in [0.25, 0.3) is 22.3 Å². The molecule has 0 unspecified atom stereocenters. The van der Waals surface area contributed by atoms with Crippen molar-refractivity contribution >= 4 is 0 Å². The van der Waals surface area contributed by atoms with E-state index in [1.165, 1.54) is 30.3 Å². The van der Waals surface area contributed by atoms with Gasteiger partial charge in [-0.15, -0.1) is 0 Å². The lowest BCUT2D eigenvalue weighted by Gasteiger charge is -2.14. The molecule has 7 heteroatoms. The molecule has 0 atom stereocenters. The van der Waals surface area contributed by atoms with Crippen molar-refractivity contribution in [1.29, 1.82) is 0 Å². The third kappa shape index (κ3) is 3.83. The van der Waals surface area contributed by atoms with E-state index in [0.29, 0.717) is 27.8 Å². The van der Waals surface area contributed by atoms with E-state index in [4.69, 9.17) is 0 Å². The molecule has 0 fully saturated rings. The number of hydrogen-bond acceptors (Lipinski definition) is 1. The average Bonchev–Trinajstić information content (AvgIpc) is 2.63. The molecular weight excluding hydrogens is 382 g/mol. The number of halogens is 6. The fourth-order valence-electron chi connectivity index (χ4n) is 2.92. The predicted octanol–water partition coefficient (Wildman–Crippen LogP) is 7.07. The van der Waals surface area contributed by atoms with Crippen LogP contribution in [0.4, 0.5) is 26.3 Å². The van der Waals surface area contributed by atoms with Gasteiger partial charge in [-0.3, -0.25) is 0 Å². The molecule has 3 rings (SSSR count). The van der Waals surface area contributed by atoms with Crippen molar-refractivity contribution in [3.05, 3.63) is 77.4 Å². The van der Waals surface area contributed by atoms with E-state index in [1.807, 2.05) is 0 Å². The molecule has 0 radical (unpaired) electrons. The summed E-state index contributed by atoms with van der Waals surface area (Å²) < 4.78 is 76.2. The van der Waals surface area contributed by atoms with E-state index in [2.05, 4.69) is 0 Å². The van der Waals surface area contributed by atoms with Crippen LogP contribution < -0.4 is 0 Å². The van der Waals surface area contributed by atoms with E-state index in [0.717, 1.165) is 24.3 Å². The Hall–Kier alpha value is -2.96. The first-order valence-corrected chi connectivity index (χ1v) is 8.16. The maximum absolute atomic E-state index is 12.7. The van der Waals surface area contributed by atoms with E-state index in [9.17, 15) is 31.4 Å². The summed E-state index contributed by atoms with van der Waals surface area (Å²) in [5.74, 6) is -0.142. The zero-order valence-corrected chi connectivity index (χ0v) is 14.5. The molecule has 0 bridgehead atoms. The third-order valence-electron chi connectivity index (χ3n) is 4.48. The van der Waals surface area contributed by atoms with Crippen molar-refractivity contribution in [2.24, 2.45) is 0 Å². The Balaban J connectivity index is 1.97. The second-order valence-corrected chi connectivity index (χ2v) is 6.28. The first kappa shape index (κ1) is 19.8. The van der Waals surface area contributed by atoms with Gasteiger partial charge >= 0.3 is 12.4 Å². The number of phenols is 1. The standard InChI is InChI=1S/C21H14F6O/c1-12-17(13-2-6-15(7-3-13)20(22,23)24)10-11-18(19(12)28)14-4-8-16(9-5-14)21(25,26)27/h2-11,28H,1H3. The van der Waals surface area contributed by atoms with Crippen molar-refractivity contribution < 1.29 is 31.4 Å². The fraction of sp³-hybridized carbons (Fsp3) is 0.143. The topological polar surface area (TPSA) is 20.2 Å². The van der Waals surface area contributed by atoms with Crippen molar-refractivity contribution in [2.75, 3.05) is 0 Å². The van der Waals surface area contributed by atoms with Gasteiger partial charge in [0.2, 0.25) is 0 Å². The quantitative estimate of drug-likeness (QED) is 0.459. The van der Waals surface area contributed by atoms with Crippen LogP contribution >= 0.6 is 0 Å². The normalized spacial score (nSPS) is 12.2. The van der Waals surface area contributed by atoms with Gasteiger partial charge in [0.25, 0.3) is 0 Å². The Labute approximate surface area is 156 Å². The van der Waals surface area contributed by atoms with Crippen LogP contribution in [0.2, 0.25) is 0 Å². The van der Waals surface area contributed by atoms with E-state index < -0.39 is 23.5 Å². The maximum atomic E-state index is 12.7. The lowest BCUT2D eigenvalue weighted by atomic mass is 9.93. The molecule has 0 aromatic heterocycles. The molecule has 1 N–H and O–H groups in total. The van der Waals surface area contributed by atoms with Crippen LogP contribution in [0.5, 0.6) is 5.75 Å². The van der Waals surface area contributed by atoms with Crippen LogP contribution in [-0.4, -0.2) is 5.11 Å². The molecule has 28 heavy (non-hydrogen) atoms. The van der Waals surface area contributed by atoms with Gasteiger partial charge in [0.05, 0.1) is 11.1 Å². The van der Waals surface area contributed by atoms with Gasteiger partial charge in [-0.2, -0.15) is 26.3 Å². The van der Waals surface area contributed by atoms with Gasteiger partial charge in [0, 0.05) is 5.56 Å². The second kappa shape index (κ2) is 6.89. The zero-order valence-electron chi connectivity index (χ0n) is 14.5. The highest BCUT2D eigenvalue weighted by Gasteiger charge is 2.31. The number of rotatable bonds is 2. The summed E-state index contributed by atoms with van der Waals surface area (Å²) in [5.41, 5.74) is 0.585. The number of alkyl halides is 6. The van der Waals surface area contributed by atoms with Gasteiger partial charge in [0.1, 0.15) is 5.75 Å². The average molecular weight is 396 g/mol.